The Morgan fingerprint density at radius 3 is 2.47 bits per heavy atom. The highest BCUT2D eigenvalue weighted by atomic mass is 14.7. The third-order valence-electron chi connectivity index (χ3n) is 8.55. The second-order valence-electron chi connectivity index (χ2n) is 9.26. The summed E-state index contributed by atoms with van der Waals surface area (Å²) in [4.78, 5) is 0. The second kappa shape index (κ2) is 3.80. The molecule has 0 heteroatoms. The van der Waals surface area contributed by atoms with Gasteiger partial charge in [0.2, 0.25) is 0 Å². The van der Waals surface area contributed by atoms with E-state index in [0.29, 0.717) is 0 Å². The summed E-state index contributed by atoms with van der Waals surface area (Å²) in [5.74, 6) is 6.34. The van der Waals surface area contributed by atoms with Crippen molar-refractivity contribution < 1.29 is 0 Å². The van der Waals surface area contributed by atoms with E-state index in [1.165, 1.54) is 6.42 Å². The Kier molecular flexibility index (Phi) is 2.54. The Bertz CT molecular complexity index is 383. The molecular formula is C19H32. The van der Waals surface area contributed by atoms with Gasteiger partial charge in [0.05, 0.1) is 0 Å². The van der Waals surface area contributed by atoms with E-state index in [-0.39, 0.29) is 0 Å². The Morgan fingerprint density at radius 1 is 1.00 bits per heavy atom. The zero-order chi connectivity index (χ0) is 13.4. The second-order valence-corrected chi connectivity index (χ2v) is 9.26. The van der Waals surface area contributed by atoms with Gasteiger partial charge in [-0.25, -0.2) is 0 Å². The molecule has 0 aromatic rings. The van der Waals surface area contributed by atoms with Gasteiger partial charge in [-0.3, -0.25) is 0 Å². The first kappa shape index (κ1) is 12.7. The molecule has 5 rings (SSSR count). The van der Waals surface area contributed by atoms with E-state index in [1.54, 1.807) is 38.5 Å². The minimum absolute atomic E-state index is 0.735. The normalized spacial score (nSPS) is 58.9. The molecule has 6 bridgehead atoms. The molecule has 0 spiro atoms. The molecule has 5 saturated carbocycles. The van der Waals surface area contributed by atoms with Crippen LogP contribution in [-0.2, 0) is 0 Å². The maximum atomic E-state index is 2.70. The van der Waals surface area contributed by atoms with Crippen molar-refractivity contribution in [2.24, 2.45) is 46.3 Å². The monoisotopic (exact) mass is 260 g/mol. The average molecular weight is 260 g/mol. The maximum Gasteiger partial charge on any atom is -0.0238 e. The molecule has 5 aliphatic rings. The number of hydrogen-bond acceptors (Lipinski definition) is 0. The zero-order valence-corrected chi connectivity index (χ0v) is 13.4. The summed E-state index contributed by atoms with van der Waals surface area (Å²) in [5, 5.41) is 0. The lowest BCUT2D eigenvalue weighted by Crippen LogP contribution is -2.65. The Labute approximate surface area is 119 Å². The first-order valence-corrected chi connectivity index (χ1v) is 8.99. The fraction of sp³-hybridized carbons (Fsp3) is 1.00. The van der Waals surface area contributed by atoms with Crippen molar-refractivity contribution in [2.75, 3.05) is 0 Å². The Hall–Kier alpha value is 0. The highest BCUT2D eigenvalue weighted by Gasteiger charge is 2.67. The van der Waals surface area contributed by atoms with Gasteiger partial charge in [-0.1, -0.05) is 34.1 Å². The van der Waals surface area contributed by atoms with Crippen LogP contribution in [0.3, 0.4) is 0 Å². The van der Waals surface area contributed by atoms with E-state index < -0.39 is 0 Å². The molecule has 0 heterocycles. The van der Waals surface area contributed by atoms with Crippen LogP contribution in [0.15, 0.2) is 0 Å². The lowest BCUT2D eigenvalue weighted by Gasteiger charge is -2.73. The van der Waals surface area contributed by atoms with Crippen LogP contribution in [0.1, 0.15) is 72.6 Å². The van der Waals surface area contributed by atoms with Crippen LogP contribution in [0.5, 0.6) is 0 Å². The molecule has 0 aliphatic heterocycles. The average Bonchev–Trinajstić information content (AvgIpc) is 2.37. The molecule has 7 atom stereocenters. The molecule has 5 fully saturated rings. The first-order chi connectivity index (χ1) is 8.99. The van der Waals surface area contributed by atoms with Gasteiger partial charge in [-0.05, 0) is 84.9 Å². The number of rotatable bonds is 2. The van der Waals surface area contributed by atoms with Gasteiger partial charge in [-0.15, -0.1) is 0 Å². The van der Waals surface area contributed by atoms with Crippen molar-refractivity contribution in [3.05, 3.63) is 0 Å². The first-order valence-electron chi connectivity index (χ1n) is 8.99. The van der Waals surface area contributed by atoms with Crippen LogP contribution in [-0.4, -0.2) is 0 Å². The molecule has 0 aromatic carbocycles. The fourth-order valence-corrected chi connectivity index (χ4v) is 7.58. The zero-order valence-electron chi connectivity index (χ0n) is 13.4. The molecule has 0 N–H and O–H groups in total. The smallest absolute Gasteiger partial charge is 0.0238 e. The highest BCUT2D eigenvalue weighted by Crippen LogP contribution is 2.75. The standard InChI is InChI=1S/C19H32/c1-5-13-7-17-16-8-14-6-15(18(16,4)9-13)11-19(17,10-14)12(2)3/h12-17H,5-11H2,1-4H3. The summed E-state index contributed by atoms with van der Waals surface area (Å²) < 4.78 is 0. The van der Waals surface area contributed by atoms with Crippen LogP contribution in [0.4, 0.5) is 0 Å². The van der Waals surface area contributed by atoms with Gasteiger partial charge in [0, 0.05) is 0 Å². The minimum atomic E-state index is 0.735. The Morgan fingerprint density at radius 2 is 1.79 bits per heavy atom. The summed E-state index contributed by atoms with van der Waals surface area (Å²) in [6.07, 6.45) is 10.9. The lowest BCUT2D eigenvalue weighted by molar-refractivity contribution is -0.235. The molecule has 5 aliphatic carbocycles. The predicted octanol–water partition coefficient (Wildman–Crippen LogP) is 5.52. The van der Waals surface area contributed by atoms with E-state index in [1.807, 2.05) is 0 Å². The van der Waals surface area contributed by atoms with Crippen LogP contribution in [0.2, 0.25) is 0 Å². The summed E-state index contributed by atoms with van der Waals surface area (Å²) in [5.41, 5.74) is 1.49. The van der Waals surface area contributed by atoms with Crippen LogP contribution in [0, 0.1) is 46.3 Å². The number of hydrogen-bond donors (Lipinski definition) is 0. The van der Waals surface area contributed by atoms with Crippen molar-refractivity contribution >= 4 is 0 Å². The van der Waals surface area contributed by atoms with Gasteiger partial charge in [-0.2, -0.15) is 0 Å². The molecule has 0 amide bonds. The van der Waals surface area contributed by atoms with Crippen molar-refractivity contribution in [1.82, 2.24) is 0 Å². The molecule has 0 radical (unpaired) electrons. The van der Waals surface area contributed by atoms with Crippen molar-refractivity contribution in [2.45, 2.75) is 72.6 Å². The largest absolute Gasteiger partial charge is 0.0651 e. The predicted molar refractivity (Wildman–Crippen MR) is 80.8 cm³/mol. The van der Waals surface area contributed by atoms with Crippen molar-refractivity contribution in [1.29, 1.82) is 0 Å². The Balaban J connectivity index is 1.79. The molecular weight excluding hydrogens is 228 g/mol. The molecule has 7 unspecified atom stereocenters. The SMILES string of the molecule is CCC1CC2C3CC4CC(CC2(C(C)C)C4)C3(C)C1. The van der Waals surface area contributed by atoms with E-state index in [0.717, 1.165) is 46.3 Å². The summed E-state index contributed by atoms with van der Waals surface area (Å²) in [7, 11) is 0. The van der Waals surface area contributed by atoms with Crippen molar-refractivity contribution in [3.8, 4) is 0 Å². The molecule has 0 aromatic heterocycles. The van der Waals surface area contributed by atoms with Gasteiger partial charge in [0.1, 0.15) is 0 Å². The van der Waals surface area contributed by atoms with Gasteiger partial charge >= 0.3 is 0 Å². The molecule has 19 heavy (non-hydrogen) atoms. The quantitative estimate of drug-likeness (QED) is 0.613. The van der Waals surface area contributed by atoms with E-state index >= 15 is 0 Å². The van der Waals surface area contributed by atoms with Crippen molar-refractivity contribution in [3.63, 3.8) is 0 Å². The summed E-state index contributed by atoms with van der Waals surface area (Å²) in [6.45, 7) is 10.2. The third kappa shape index (κ3) is 1.42. The lowest BCUT2D eigenvalue weighted by atomic mass is 9.32. The van der Waals surface area contributed by atoms with E-state index in [2.05, 4.69) is 27.7 Å². The summed E-state index contributed by atoms with van der Waals surface area (Å²) in [6, 6.07) is 0. The fourth-order valence-electron chi connectivity index (χ4n) is 7.58. The molecule has 108 valence electrons. The highest BCUT2D eigenvalue weighted by molar-refractivity contribution is 5.16. The van der Waals surface area contributed by atoms with Crippen LogP contribution < -0.4 is 0 Å². The maximum absolute atomic E-state index is 2.70. The summed E-state index contributed by atoms with van der Waals surface area (Å²) >= 11 is 0. The third-order valence-corrected chi connectivity index (χ3v) is 8.55. The van der Waals surface area contributed by atoms with Gasteiger partial charge < -0.3 is 0 Å². The van der Waals surface area contributed by atoms with Gasteiger partial charge in [0.15, 0.2) is 0 Å². The molecule has 0 saturated heterocycles. The van der Waals surface area contributed by atoms with E-state index in [9.17, 15) is 0 Å². The van der Waals surface area contributed by atoms with E-state index in [4.69, 9.17) is 0 Å². The topological polar surface area (TPSA) is 0 Å². The van der Waals surface area contributed by atoms with Gasteiger partial charge in [0.25, 0.3) is 0 Å². The molecule has 0 nitrogen and oxygen atoms in total. The van der Waals surface area contributed by atoms with Crippen LogP contribution >= 0.6 is 0 Å². The van der Waals surface area contributed by atoms with Crippen LogP contribution in [0.25, 0.3) is 0 Å². The minimum Gasteiger partial charge on any atom is -0.0651 e.